The molecule has 0 aliphatic heterocycles. The normalized spacial score (nSPS) is 15.7. The van der Waals surface area contributed by atoms with Gasteiger partial charge in [-0.05, 0) is 12.8 Å². The van der Waals surface area contributed by atoms with Gasteiger partial charge in [0.15, 0.2) is 11.5 Å². The van der Waals surface area contributed by atoms with Crippen molar-refractivity contribution >= 4 is 16.6 Å². The Morgan fingerprint density at radius 2 is 1.79 bits per heavy atom. The van der Waals surface area contributed by atoms with Crippen LogP contribution in [-0.2, 0) is 6.42 Å². The summed E-state index contributed by atoms with van der Waals surface area (Å²) in [4.78, 5) is 0. The Kier molecular flexibility index (Phi) is 4.11. The molecule has 0 radical (unpaired) electrons. The molecule has 6 heteroatoms. The van der Waals surface area contributed by atoms with Crippen LogP contribution in [0.15, 0.2) is 28.7 Å². The van der Waals surface area contributed by atoms with Crippen LogP contribution in [0.3, 0.4) is 0 Å². The van der Waals surface area contributed by atoms with Gasteiger partial charge in [0.25, 0.3) is 5.89 Å². The molecule has 4 rings (SSSR count). The Hall–Kier alpha value is -2.50. The minimum atomic E-state index is 0.430. The van der Waals surface area contributed by atoms with Crippen LogP contribution in [0.25, 0.3) is 22.4 Å². The predicted octanol–water partition coefficient (Wildman–Crippen LogP) is 3.99. The van der Waals surface area contributed by atoms with E-state index in [4.69, 9.17) is 4.42 Å². The van der Waals surface area contributed by atoms with Crippen molar-refractivity contribution in [3.8, 4) is 11.6 Å². The molecular weight excluding hydrogens is 302 g/mol. The molecule has 1 fully saturated rings. The summed E-state index contributed by atoms with van der Waals surface area (Å²) in [6.45, 7) is 1.98. The fourth-order valence-corrected chi connectivity index (χ4v) is 3.30. The van der Waals surface area contributed by atoms with Crippen LogP contribution in [-0.4, -0.2) is 26.4 Å². The van der Waals surface area contributed by atoms with Gasteiger partial charge in [-0.15, -0.1) is 20.4 Å². The van der Waals surface area contributed by atoms with E-state index in [0.717, 1.165) is 16.6 Å². The summed E-state index contributed by atoms with van der Waals surface area (Å²) in [5.74, 6) is 1.89. The number of benzene rings is 1. The molecule has 1 aromatic carbocycles. The number of anilines is 1. The van der Waals surface area contributed by atoms with Gasteiger partial charge in [-0.1, -0.05) is 50.5 Å². The van der Waals surface area contributed by atoms with Gasteiger partial charge in [-0.3, -0.25) is 0 Å². The molecule has 0 bridgehead atoms. The second-order valence-electron chi connectivity index (χ2n) is 6.28. The van der Waals surface area contributed by atoms with Crippen LogP contribution in [0.4, 0.5) is 5.82 Å². The molecule has 2 heterocycles. The highest BCUT2D eigenvalue weighted by Crippen LogP contribution is 2.30. The van der Waals surface area contributed by atoms with Gasteiger partial charge in [-0.2, -0.15) is 0 Å². The predicted molar refractivity (Wildman–Crippen MR) is 92.7 cm³/mol. The van der Waals surface area contributed by atoms with E-state index in [0.29, 0.717) is 29.9 Å². The molecule has 0 spiro atoms. The number of aromatic nitrogens is 4. The van der Waals surface area contributed by atoms with Crippen LogP contribution >= 0.6 is 0 Å². The molecule has 0 saturated heterocycles. The standard InChI is InChI=1S/C18H21N5O/c1-2-15-20-23-18(24-15)16-13-10-6-7-11-14(13)17(22-21-16)19-12-8-4-3-5-9-12/h6-7,10-12H,2-5,8-9H2,1H3,(H,19,22). The minimum absolute atomic E-state index is 0.430. The quantitative estimate of drug-likeness (QED) is 0.782. The molecule has 0 amide bonds. The first-order chi connectivity index (χ1) is 11.8. The number of nitrogens with one attached hydrogen (secondary N) is 1. The lowest BCUT2D eigenvalue weighted by Gasteiger charge is -2.23. The number of fused-ring (bicyclic) bond motifs is 1. The van der Waals surface area contributed by atoms with Crippen LogP contribution < -0.4 is 5.32 Å². The molecule has 1 aliphatic rings. The van der Waals surface area contributed by atoms with Gasteiger partial charge < -0.3 is 9.73 Å². The van der Waals surface area contributed by atoms with Crippen molar-refractivity contribution in [1.82, 2.24) is 20.4 Å². The summed E-state index contributed by atoms with van der Waals surface area (Å²) in [6.07, 6.45) is 6.99. The maximum Gasteiger partial charge on any atom is 0.268 e. The maximum absolute atomic E-state index is 5.67. The maximum atomic E-state index is 5.67. The Balaban J connectivity index is 1.73. The van der Waals surface area contributed by atoms with Crippen LogP contribution in [0.2, 0.25) is 0 Å². The van der Waals surface area contributed by atoms with E-state index in [2.05, 4.69) is 31.8 Å². The summed E-state index contributed by atoms with van der Waals surface area (Å²) < 4.78 is 5.67. The molecule has 24 heavy (non-hydrogen) atoms. The fourth-order valence-electron chi connectivity index (χ4n) is 3.30. The van der Waals surface area contributed by atoms with Crippen LogP contribution in [0.5, 0.6) is 0 Å². The molecule has 0 unspecified atom stereocenters. The molecule has 1 saturated carbocycles. The number of aryl methyl sites for hydroxylation is 1. The number of nitrogens with zero attached hydrogens (tertiary/aromatic N) is 4. The molecule has 1 aliphatic carbocycles. The van der Waals surface area contributed by atoms with Crippen molar-refractivity contribution in [3.05, 3.63) is 30.2 Å². The van der Waals surface area contributed by atoms with Crippen molar-refractivity contribution in [2.24, 2.45) is 0 Å². The van der Waals surface area contributed by atoms with Crippen molar-refractivity contribution in [2.45, 2.75) is 51.5 Å². The molecule has 0 atom stereocenters. The van der Waals surface area contributed by atoms with Gasteiger partial charge in [0.1, 0.15) is 0 Å². The average Bonchev–Trinajstić information content (AvgIpc) is 3.12. The number of hydrogen-bond acceptors (Lipinski definition) is 6. The van der Waals surface area contributed by atoms with E-state index in [-0.39, 0.29) is 0 Å². The first kappa shape index (κ1) is 15.1. The second kappa shape index (κ2) is 6.55. The second-order valence-corrected chi connectivity index (χ2v) is 6.28. The topological polar surface area (TPSA) is 76.7 Å². The van der Waals surface area contributed by atoms with E-state index in [1.165, 1.54) is 32.1 Å². The average molecular weight is 323 g/mol. The van der Waals surface area contributed by atoms with Crippen molar-refractivity contribution in [1.29, 1.82) is 0 Å². The summed E-state index contributed by atoms with van der Waals surface area (Å²) in [7, 11) is 0. The van der Waals surface area contributed by atoms with E-state index in [1.807, 2.05) is 25.1 Å². The monoisotopic (exact) mass is 323 g/mol. The third-order valence-corrected chi connectivity index (χ3v) is 4.61. The molecule has 124 valence electrons. The Morgan fingerprint density at radius 1 is 1.00 bits per heavy atom. The lowest BCUT2D eigenvalue weighted by molar-refractivity contribution is 0.462. The van der Waals surface area contributed by atoms with Gasteiger partial charge in [0.2, 0.25) is 5.89 Å². The first-order valence-corrected chi connectivity index (χ1v) is 8.70. The number of rotatable bonds is 4. The lowest BCUT2D eigenvalue weighted by Crippen LogP contribution is -2.23. The zero-order valence-corrected chi connectivity index (χ0v) is 13.8. The summed E-state index contributed by atoms with van der Waals surface area (Å²) in [6, 6.07) is 8.59. The Morgan fingerprint density at radius 3 is 2.54 bits per heavy atom. The molecule has 2 aromatic heterocycles. The summed E-state index contributed by atoms with van der Waals surface area (Å²) in [5.41, 5.74) is 0.645. The van der Waals surface area contributed by atoms with Gasteiger partial charge in [0.05, 0.1) is 0 Å². The highest BCUT2D eigenvalue weighted by atomic mass is 16.4. The van der Waals surface area contributed by atoms with Gasteiger partial charge >= 0.3 is 0 Å². The summed E-state index contributed by atoms with van der Waals surface area (Å²) in [5, 5.41) is 22.6. The van der Waals surface area contributed by atoms with Gasteiger partial charge in [-0.25, -0.2) is 0 Å². The first-order valence-electron chi connectivity index (χ1n) is 8.70. The van der Waals surface area contributed by atoms with E-state index in [9.17, 15) is 0 Å². The molecular formula is C18H21N5O. The Labute approximate surface area is 140 Å². The molecule has 3 aromatic rings. The fraction of sp³-hybridized carbons (Fsp3) is 0.444. The van der Waals surface area contributed by atoms with Crippen LogP contribution in [0, 0.1) is 0 Å². The van der Waals surface area contributed by atoms with E-state index in [1.54, 1.807) is 0 Å². The van der Waals surface area contributed by atoms with Gasteiger partial charge in [0, 0.05) is 23.2 Å². The SMILES string of the molecule is CCc1nnc(-c2nnc(NC3CCCCC3)c3ccccc23)o1. The third-order valence-electron chi connectivity index (χ3n) is 4.61. The molecule has 1 N–H and O–H groups in total. The zero-order chi connectivity index (χ0) is 16.4. The third kappa shape index (κ3) is 2.84. The lowest BCUT2D eigenvalue weighted by atomic mass is 9.95. The number of hydrogen-bond donors (Lipinski definition) is 1. The van der Waals surface area contributed by atoms with Crippen molar-refractivity contribution in [3.63, 3.8) is 0 Å². The summed E-state index contributed by atoms with van der Waals surface area (Å²) >= 11 is 0. The highest BCUT2D eigenvalue weighted by molar-refractivity contribution is 5.98. The van der Waals surface area contributed by atoms with E-state index >= 15 is 0 Å². The minimum Gasteiger partial charge on any atom is -0.419 e. The smallest absolute Gasteiger partial charge is 0.268 e. The van der Waals surface area contributed by atoms with E-state index < -0.39 is 0 Å². The highest BCUT2D eigenvalue weighted by Gasteiger charge is 2.19. The van der Waals surface area contributed by atoms with Crippen molar-refractivity contribution in [2.75, 3.05) is 5.32 Å². The largest absolute Gasteiger partial charge is 0.419 e. The zero-order valence-electron chi connectivity index (χ0n) is 13.8. The Bertz CT molecular complexity index is 838. The molecule has 6 nitrogen and oxygen atoms in total. The van der Waals surface area contributed by atoms with Crippen molar-refractivity contribution < 1.29 is 4.42 Å². The van der Waals surface area contributed by atoms with Crippen LogP contribution in [0.1, 0.15) is 44.9 Å².